The summed E-state index contributed by atoms with van der Waals surface area (Å²) >= 11 is 5.87. The third-order valence-corrected chi connectivity index (χ3v) is 5.84. The molecule has 0 aromatic heterocycles. The van der Waals surface area contributed by atoms with E-state index in [0.29, 0.717) is 38.9 Å². The molecular weight excluding hydrogens is 522 g/mol. The molecule has 4 aromatic carbocycles. The Kier molecular flexibility index (Phi) is 7.51. The van der Waals surface area contributed by atoms with Crippen LogP contribution in [0.5, 0.6) is 17.2 Å². The number of carbonyl (C=O) groups is 3. The Morgan fingerprint density at radius 2 is 1.56 bits per heavy atom. The van der Waals surface area contributed by atoms with Crippen molar-refractivity contribution in [2.45, 2.75) is 0 Å². The number of ether oxygens (including phenoxy) is 3. The molecule has 2 N–H and O–H groups in total. The molecule has 0 unspecified atom stereocenters. The van der Waals surface area contributed by atoms with Crippen LogP contribution in [-0.2, 0) is 0 Å². The summed E-state index contributed by atoms with van der Waals surface area (Å²) < 4.78 is 16.1. The summed E-state index contributed by atoms with van der Waals surface area (Å²) in [6.45, 7) is 0.0984. The molecule has 0 saturated carbocycles. The van der Waals surface area contributed by atoms with Crippen LogP contribution in [0.25, 0.3) is 0 Å². The Balaban J connectivity index is 1.22. The van der Waals surface area contributed by atoms with Crippen molar-refractivity contribution in [3.63, 3.8) is 0 Å². The Labute approximate surface area is 228 Å². The molecule has 0 spiro atoms. The van der Waals surface area contributed by atoms with Crippen LogP contribution in [0.15, 0.2) is 96.1 Å². The van der Waals surface area contributed by atoms with Gasteiger partial charge in [0.05, 0.1) is 11.8 Å². The van der Waals surface area contributed by atoms with E-state index in [-0.39, 0.29) is 24.0 Å². The first-order chi connectivity index (χ1) is 19.0. The molecule has 5 rings (SSSR count). The zero-order chi connectivity index (χ0) is 27.2. The van der Waals surface area contributed by atoms with E-state index < -0.39 is 11.9 Å². The fourth-order valence-electron chi connectivity index (χ4n) is 3.63. The molecule has 1 aliphatic rings. The van der Waals surface area contributed by atoms with Gasteiger partial charge < -0.3 is 19.5 Å². The number of rotatable bonds is 7. The van der Waals surface area contributed by atoms with Gasteiger partial charge in [-0.25, -0.2) is 10.2 Å². The van der Waals surface area contributed by atoms with Crippen molar-refractivity contribution in [3.05, 3.63) is 118 Å². The van der Waals surface area contributed by atoms with E-state index in [9.17, 15) is 14.4 Å². The number of benzene rings is 4. The van der Waals surface area contributed by atoms with Gasteiger partial charge >= 0.3 is 5.97 Å². The van der Waals surface area contributed by atoms with E-state index in [0.717, 1.165) is 0 Å². The van der Waals surface area contributed by atoms with Crippen LogP contribution in [0.3, 0.4) is 0 Å². The third kappa shape index (κ3) is 6.23. The van der Waals surface area contributed by atoms with Gasteiger partial charge in [-0.1, -0.05) is 29.8 Å². The molecular formula is C29H20ClN3O6. The molecule has 0 saturated heterocycles. The number of hydrogen-bond acceptors (Lipinski definition) is 7. The highest BCUT2D eigenvalue weighted by Gasteiger charge is 2.18. The van der Waals surface area contributed by atoms with Crippen LogP contribution in [0.1, 0.15) is 36.6 Å². The molecule has 194 valence electrons. The SMILES string of the molecule is O=C(NN=Cc1ccccc1OC(=O)c1ccc2c(c1)OCO2)c1cccc(NC(=O)c2ccc(Cl)cc2)c1. The average Bonchev–Trinajstić information content (AvgIpc) is 3.42. The monoisotopic (exact) mass is 541 g/mol. The van der Waals surface area contributed by atoms with E-state index in [1.807, 2.05) is 0 Å². The molecule has 1 heterocycles. The Morgan fingerprint density at radius 3 is 2.41 bits per heavy atom. The lowest BCUT2D eigenvalue weighted by molar-refractivity contribution is 0.0733. The van der Waals surface area contributed by atoms with Crippen molar-refractivity contribution in [3.8, 4) is 17.2 Å². The number of para-hydroxylation sites is 1. The van der Waals surface area contributed by atoms with Gasteiger partial charge in [0.25, 0.3) is 11.8 Å². The van der Waals surface area contributed by atoms with Crippen molar-refractivity contribution in [1.29, 1.82) is 0 Å². The highest BCUT2D eigenvalue weighted by atomic mass is 35.5. The molecule has 4 aromatic rings. The van der Waals surface area contributed by atoms with Crippen LogP contribution in [0, 0.1) is 0 Å². The molecule has 0 bridgehead atoms. The number of carbonyl (C=O) groups excluding carboxylic acids is 3. The van der Waals surface area contributed by atoms with E-state index in [1.165, 1.54) is 12.3 Å². The summed E-state index contributed by atoms with van der Waals surface area (Å²) in [4.78, 5) is 37.8. The first-order valence-corrected chi connectivity index (χ1v) is 12.1. The highest BCUT2D eigenvalue weighted by molar-refractivity contribution is 6.30. The minimum Gasteiger partial charge on any atom is -0.454 e. The summed E-state index contributed by atoms with van der Waals surface area (Å²) in [7, 11) is 0. The number of nitrogens with one attached hydrogen (secondary N) is 2. The van der Waals surface area contributed by atoms with Gasteiger partial charge in [-0.05, 0) is 72.8 Å². The molecule has 1 aliphatic heterocycles. The molecule has 2 amide bonds. The number of anilines is 1. The smallest absolute Gasteiger partial charge is 0.343 e. The van der Waals surface area contributed by atoms with E-state index in [4.69, 9.17) is 25.8 Å². The quantitative estimate of drug-likeness (QED) is 0.142. The van der Waals surface area contributed by atoms with Gasteiger partial charge in [0, 0.05) is 27.4 Å². The van der Waals surface area contributed by atoms with Gasteiger partial charge in [0.2, 0.25) is 6.79 Å². The van der Waals surface area contributed by atoms with Crippen molar-refractivity contribution in [2.75, 3.05) is 12.1 Å². The number of nitrogens with zero attached hydrogens (tertiary/aromatic N) is 1. The van der Waals surface area contributed by atoms with Crippen LogP contribution >= 0.6 is 11.6 Å². The maximum absolute atomic E-state index is 12.7. The molecule has 9 nitrogen and oxygen atoms in total. The first kappa shape index (κ1) is 25.5. The number of esters is 1. The normalized spacial score (nSPS) is 11.7. The van der Waals surface area contributed by atoms with Gasteiger partial charge in [-0.15, -0.1) is 0 Å². The second-order valence-electron chi connectivity index (χ2n) is 8.24. The number of hydrogen-bond donors (Lipinski definition) is 2. The minimum absolute atomic E-state index is 0.0984. The second-order valence-corrected chi connectivity index (χ2v) is 8.67. The standard InChI is InChI=1S/C29H20ClN3O6/c30-22-11-8-18(9-12-22)27(34)32-23-6-3-5-19(14-23)28(35)33-31-16-21-4-1-2-7-24(21)39-29(36)20-10-13-25-26(15-20)38-17-37-25/h1-16H,17H2,(H,32,34)(H,33,35). The van der Waals surface area contributed by atoms with Crippen LogP contribution < -0.4 is 25.0 Å². The molecule has 0 atom stereocenters. The first-order valence-electron chi connectivity index (χ1n) is 11.7. The Hall–Kier alpha value is -5.15. The maximum atomic E-state index is 12.7. The van der Waals surface area contributed by atoms with Gasteiger partial charge in [0.1, 0.15) is 5.75 Å². The number of hydrazone groups is 1. The zero-order valence-electron chi connectivity index (χ0n) is 20.2. The average molecular weight is 542 g/mol. The Bertz CT molecular complexity index is 1590. The molecule has 39 heavy (non-hydrogen) atoms. The summed E-state index contributed by atoms with van der Waals surface area (Å²) in [6, 6.07) is 24.4. The lowest BCUT2D eigenvalue weighted by Gasteiger charge is -2.08. The van der Waals surface area contributed by atoms with Crippen molar-refractivity contribution in [2.24, 2.45) is 5.10 Å². The fourth-order valence-corrected chi connectivity index (χ4v) is 3.76. The van der Waals surface area contributed by atoms with Gasteiger partial charge in [0.15, 0.2) is 11.5 Å². The molecule has 0 aliphatic carbocycles. The second kappa shape index (κ2) is 11.5. The van der Waals surface area contributed by atoms with Crippen molar-refractivity contribution < 1.29 is 28.6 Å². The van der Waals surface area contributed by atoms with E-state index >= 15 is 0 Å². The summed E-state index contributed by atoms with van der Waals surface area (Å²) in [5.74, 6) is -0.140. The molecule has 0 radical (unpaired) electrons. The van der Waals surface area contributed by atoms with Gasteiger partial charge in [-0.3, -0.25) is 9.59 Å². The number of amides is 2. The van der Waals surface area contributed by atoms with Crippen LogP contribution in [0.4, 0.5) is 5.69 Å². The predicted molar refractivity (Wildman–Crippen MR) is 145 cm³/mol. The highest BCUT2D eigenvalue weighted by Crippen LogP contribution is 2.33. The lowest BCUT2D eigenvalue weighted by atomic mass is 10.1. The topological polar surface area (TPSA) is 115 Å². The van der Waals surface area contributed by atoms with Crippen LogP contribution in [0.2, 0.25) is 5.02 Å². The van der Waals surface area contributed by atoms with E-state index in [2.05, 4.69) is 15.8 Å². The predicted octanol–water partition coefficient (Wildman–Crippen LogP) is 5.30. The van der Waals surface area contributed by atoms with Crippen molar-refractivity contribution >= 4 is 41.3 Å². The summed E-state index contributed by atoms with van der Waals surface area (Å²) in [5.41, 5.74) is 4.35. The fraction of sp³-hybridized carbons (Fsp3) is 0.0345. The molecule has 10 heteroatoms. The number of fused-ring (bicyclic) bond motifs is 1. The zero-order valence-corrected chi connectivity index (χ0v) is 21.0. The largest absolute Gasteiger partial charge is 0.454 e. The van der Waals surface area contributed by atoms with Gasteiger partial charge in [-0.2, -0.15) is 5.10 Å². The van der Waals surface area contributed by atoms with E-state index in [1.54, 1.807) is 84.9 Å². The molecule has 0 fully saturated rings. The lowest BCUT2D eigenvalue weighted by Crippen LogP contribution is -2.18. The Morgan fingerprint density at radius 1 is 0.795 bits per heavy atom. The summed E-state index contributed by atoms with van der Waals surface area (Å²) in [6.07, 6.45) is 1.37. The summed E-state index contributed by atoms with van der Waals surface area (Å²) in [5, 5.41) is 7.27. The number of halogens is 1. The van der Waals surface area contributed by atoms with Crippen LogP contribution in [-0.4, -0.2) is 30.8 Å². The van der Waals surface area contributed by atoms with Crippen molar-refractivity contribution in [1.82, 2.24) is 5.43 Å². The maximum Gasteiger partial charge on any atom is 0.343 e. The minimum atomic E-state index is -0.587. The third-order valence-electron chi connectivity index (χ3n) is 5.59.